The highest BCUT2D eigenvalue weighted by molar-refractivity contribution is 5.88. The molecule has 1 atom stereocenters. The minimum absolute atomic E-state index is 0.217. The van der Waals surface area contributed by atoms with Gasteiger partial charge in [-0.15, -0.1) is 0 Å². The van der Waals surface area contributed by atoms with Gasteiger partial charge in [0.2, 0.25) is 0 Å². The van der Waals surface area contributed by atoms with Crippen LogP contribution >= 0.6 is 0 Å². The molecule has 4 fully saturated rings. The Labute approximate surface area is 190 Å². The van der Waals surface area contributed by atoms with Gasteiger partial charge in [-0.05, 0) is 104 Å². The summed E-state index contributed by atoms with van der Waals surface area (Å²) in [5.41, 5.74) is 2.98. The molecule has 1 unspecified atom stereocenters. The Bertz CT molecular complexity index is 917. The predicted octanol–water partition coefficient (Wildman–Crippen LogP) is 4.73. The number of benzene rings is 2. The van der Waals surface area contributed by atoms with E-state index >= 15 is 0 Å². The molecule has 4 saturated carbocycles. The normalized spacial score (nSPS) is 29.0. The number of anilines is 1. The Morgan fingerprint density at radius 3 is 2.09 bits per heavy atom. The summed E-state index contributed by atoms with van der Waals surface area (Å²) in [7, 11) is 1.87. The van der Waals surface area contributed by atoms with Crippen molar-refractivity contribution in [1.29, 1.82) is 0 Å². The number of nitrogens with zero attached hydrogens (tertiary/aromatic N) is 1. The smallest absolute Gasteiger partial charge is 0.335 e. The molecule has 2 N–H and O–H groups in total. The molecule has 0 spiro atoms. The molecule has 4 aliphatic carbocycles. The van der Waals surface area contributed by atoms with Gasteiger partial charge in [0.25, 0.3) is 0 Å². The van der Waals surface area contributed by atoms with Crippen LogP contribution < -0.4 is 9.64 Å². The standard InChI is InChI=1S/C27H33NO4/c1-28(23-6-2-21(3-7-23)26(30)31)16-24(29)17-32-25-8-4-22(5-9-25)27-13-18-10-19(14-27)12-20(11-18)15-27/h2-9,18-20,24,29H,10-17H2,1H3,(H,30,31). The average molecular weight is 436 g/mol. The monoisotopic (exact) mass is 435 g/mol. The minimum atomic E-state index is -0.943. The summed E-state index contributed by atoms with van der Waals surface area (Å²) in [6.07, 6.45) is 7.79. The molecule has 2 aromatic carbocycles. The van der Waals surface area contributed by atoms with E-state index in [1.165, 1.54) is 44.1 Å². The molecule has 4 aliphatic rings. The topological polar surface area (TPSA) is 70.0 Å². The van der Waals surface area contributed by atoms with Crippen LogP contribution in [0.3, 0.4) is 0 Å². The second-order valence-electron chi connectivity index (χ2n) is 10.4. The molecule has 6 rings (SSSR count). The van der Waals surface area contributed by atoms with Crippen molar-refractivity contribution >= 4 is 11.7 Å². The molecule has 170 valence electrons. The number of hydrogen-bond donors (Lipinski definition) is 2. The van der Waals surface area contributed by atoms with E-state index in [9.17, 15) is 9.90 Å². The molecule has 5 heteroatoms. The first-order chi connectivity index (χ1) is 15.4. The van der Waals surface area contributed by atoms with Crippen LogP contribution in [0, 0.1) is 17.8 Å². The number of aliphatic hydroxyl groups excluding tert-OH is 1. The van der Waals surface area contributed by atoms with E-state index in [1.807, 2.05) is 11.9 Å². The van der Waals surface area contributed by atoms with Crippen LogP contribution in [0.15, 0.2) is 48.5 Å². The molecule has 4 bridgehead atoms. The second kappa shape index (κ2) is 8.43. The zero-order valence-electron chi connectivity index (χ0n) is 18.7. The van der Waals surface area contributed by atoms with Gasteiger partial charge in [-0.25, -0.2) is 4.79 Å². The van der Waals surface area contributed by atoms with E-state index in [2.05, 4.69) is 24.3 Å². The Morgan fingerprint density at radius 1 is 1.00 bits per heavy atom. The zero-order valence-corrected chi connectivity index (χ0v) is 18.7. The molecule has 32 heavy (non-hydrogen) atoms. The maximum atomic E-state index is 11.0. The molecular formula is C27H33NO4. The predicted molar refractivity (Wildman–Crippen MR) is 124 cm³/mol. The number of aliphatic hydroxyl groups is 1. The lowest BCUT2D eigenvalue weighted by Crippen LogP contribution is -2.48. The Balaban J connectivity index is 1.15. The Kier molecular flexibility index (Phi) is 5.62. The number of carboxylic acid groups (broad SMARTS) is 1. The summed E-state index contributed by atoms with van der Waals surface area (Å²) in [6.45, 7) is 0.617. The molecular weight excluding hydrogens is 402 g/mol. The van der Waals surface area contributed by atoms with Gasteiger partial charge in [0.1, 0.15) is 18.5 Å². The van der Waals surface area contributed by atoms with E-state index in [-0.39, 0.29) is 12.2 Å². The van der Waals surface area contributed by atoms with Crippen molar-refractivity contribution < 1.29 is 19.7 Å². The SMILES string of the molecule is CN(CC(O)COc1ccc(C23CC4CC(CC(C4)C2)C3)cc1)c1ccc(C(=O)O)cc1. The first kappa shape index (κ1) is 21.3. The molecule has 0 aliphatic heterocycles. The highest BCUT2D eigenvalue weighted by Crippen LogP contribution is 2.60. The number of likely N-dealkylation sites (N-methyl/N-ethyl adjacent to an activating group) is 1. The summed E-state index contributed by atoms with van der Waals surface area (Å²) < 4.78 is 5.87. The first-order valence-electron chi connectivity index (χ1n) is 11.9. The lowest BCUT2D eigenvalue weighted by Gasteiger charge is -2.57. The van der Waals surface area contributed by atoms with Crippen LogP contribution in [0.5, 0.6) is 5.75 Å². The fraction of sp³-hybridized carbons (Fsp3) is 0.519. The summed E-state index contributed by atoms with van der Waals surface area (Å²) in [5, 5.41) is 19.4. The van der Waals surface area contributed by atoms with E-state index in [0.29, 0.717) is 12.0 Å². The molecule has 0 aromatic heterocycles. The van der Waals surface area contributed by atoms with Gasteiger partial charge >= 0.3 is 5.97 Å². The van der Waals surface area contributed by atoms with Crippen molar-refractivity contribution in [1.82, 2.24) is 0 Å². The molecule has 0 saturated heterocycles. The van der Waals surface area contributed by atoms with Gasteiger partial charge < -0.3 is 19.8 Å². The van der Waals surface area contributed by atoms with Crippen molar-refractivity contribution in [3.63, 3.8) is 0 Å². The molecule has 5 nitrogen and oxygen atoms in total. The summed E-state index contributed by atoms with van der Waals surface area (Å²) in [5.74, 6) is 2.66. The van der Waals surface area contributed by atoms with Crippen molar-refractivity contribution in [3.05, 3.63) is 59.7 Å². The van der Waals surface area contributed by atoms with Crippen LogP contribution in [-0.4, -0.2) is 42.5 Å². The lowest BCUT2D eigenvalue weighted by atomic mass is 9.48. The first-order valence-corrected chi connectivity index (χ1v) is 11.9. The van der Waals surface area contributed by atoms with Crippen molar-refractivity contribution in [2.24, 2.45) is 17.8 Å². The third-order valence-electron chi connectivity index (χ3n) is 7.99. The number of rotatable bonds is 8. The number of hydrogen-bond acceptors (Lipinski definition) is 4. The number of carbonyl (C=O) groups is 1. The minimum Gasteiger partial charge on any atom is -0.491 e. The van der Waals surface area contributed by atoms with Crippen molar-refractivity contribution in [2.75, 3.05) is 25.1 Å². The van der Waals surface area contributed by atoms with Crippen LogP contribution in [-0.2, 0) is 5.41 Å². The summed E-state index contributed by atoms with van der Waals surface area (Å²) >= 11 is 0. The maximum Gasteiger partial charge on any atom is 0.335 e. The summed E-state index contributed by atoms with van der Waals surface area (Å²) in [4.78, 5) is 12.9. The van der Waals surface area contributed by atoms with Gasteiger partial charge in [0.15, 0.2) is 0 Å². The highest BCUT2D eigenvalue weighted by Gasteiger charge is 2.51. The van der Waals surface area contributed by atoms with Gasteiger partial charge in [0, 0.05) is 19.3 Å². The van der Waals surface area contributed by atoms with Crippen molar-refractivity contribution in [3.8, 4) is 5.75 Å². The fourth-order valence-corrected chi connectivity index (χ4v) is 6.89. The molecule has 2 aromatic rings. The maximum absolute atomic E-state index is 11.0. The second-order valence-corrected chi connectivity index (χ2v) is 10.4. The van der Waals surface area contributed by atoms with Gasteiger partial charge in [-0.1, -0.05) is 12.1 Å². The number of carboxylic acids is 1. The third-order valence-corrected chi connectivity index (χ3v) is 7.99. The number of aromatic carboxylic acids is 1. The number of ether oxygens (including phenoxy) is 1. The Morgan fingerprint density at radius 2 is 1.56 bits per heavy atom. The van der Waals surface area contributed by atoms with Crippen LogP contribution in [0.4, 0.5) is 5.69 Å². The van der Waals surface area contributed by atoms with Gasteiger partial charge in [0.05, 0.1) is 5.56 Å². The molecule has 0 heterocycles. The van der Waals surface area contributed by atoms with Gasteiger partial charge in [-0.2, -0.15) is 0 Å². The lowest BCUT2D eigenvalue weighted by molar-refractivity contribution is -0.00521. The summed E-state index contributed by atoms with van der Waals surface area (Å²) in [6, 6.07) is 15.3. The van der Waals surface area contributed by atoms with Gasteiger partial charge in [-0.3, -0.25) is 0 Å². The van der Waals surface area contributed by atoms with E-state index in [1.54, 1.807) is 24.3 Å². The quantitative estimate of drug-likeness (QED) is 0.627. The Hall–Kier alpha value is -2.53. The molecule has 0 radical (unpaired) electrons. The van der Waals surface area contributed by atoms with Crippen molar-refractivity contribution in [2.45, 2.75) is 50.0 Å². The largest absolute Gasteiger partial charge is 0.491 e. The van der Waals surface area contributed by atoms with E-state index in [0.717, 1.165) is 29.2 Å². The zero-order chi connectivity index (χ0) is 22.3. The van der Waals surface area contributed by atoms with E-state index < -0.39 is 12.1 Å². The van der Waals surface area contributed by atoms with Crippen LogP contribution in [0.25, 0.3) is 0 Å². The molecule has 0 amide bonds. The van der Waals surface area contributed by atoms with E-state index in [4.69, 9.17) is 9.84 Å². The average Bonchev–Trinajstić information content (AvgIpc) is 2.77. The van der Waals surface area contributed by atoms with Crippen LogP contribution in [0.2, 0.25) is 0 Å². The van der Waals surface area contributed by atoms with Crippen LogP contribution in [0.1, 0.15) is 54.4 Å². The highest BCUT2D eigenvalue weighted by atomic mass is 16.5. The third kappa shape index (κ3) is 4.23. The fourth-order valence-electron chi connectivity index (χ4n) is 6.89.